The van der Waals surface area contributed by atoms with Gasteiger partial charge in [0.25, 0.3) is 5.91 Å². The first-order valence-corrected chi connectivity index (χ1v) is 7.26. The molecule has 0 unspecified atom stereocenters. The van der Waals surface area contributed by atoms with E-state index in [0.29, 0.717) is 22.8 Å². The second kappa shape index (κ2) is 6.08. The Morgan fingerprint density at radius 1 is 1.42 bits per heavy atom. The van der Waals surface area contributed by atoms with Crippen LogP contribution in [0.4, 0.5) is 5.69 Å². The maximum Gasteiger partial charge on any atom is 0.253 e. The van der Waals surface area contributed by atoms with Crippen molar-refractivity contribution in [3.05, 3.63) is 50.7 Å². The largest absolute Gasteiger partial charge is 0.399 e. The van der Waals surface area contributed by atoms with Crippen LogP contribution in [0, 0.1) is 0 Å². The molecule has 0 aliphatic carbocycles. The average Bonchev–Trinajstić information content (AvgIpc) is 2.83. The number of rotatable bonds is 4. The molecular weight excluding hydrogens is 280 g/mol. The molecule has 1 amide bonds. The van der Waals surface area contributed by atoms with Crippen LogP contribution in [0.15, 0.2) is 29.6 Å². The Morgan fingerprint density at radius 3 is 2.89 bits per heavy atom. The average molecular weight is 295 g/mol. The number of amides is 1. The van der Waals surface area contributed by atoms with Crippen LogP contribution < -0.4 is 11.1 Å². The van der Waals surface area contributed by atoms with E-state index in [1.165, 1.54) is 10.4 Å². The van der Waals surface area contributed by atoms with Crippen LogP contribution in [0.1, 0.15) is 27.7 Å². The fourth-order valence-corrected chi connectivity index (χ4v) is 3.00. The molecule has 0 spiro atoms. The Morgan fingerprint density at radius 2 is 2.21 bits per heavy atom. The summed E-state index contributed by atoms with van der Waals surface area (Å²) >= 11 is 7.66. The summed E-state index contributed by atoms with van der Waals surface area (Å²) in [4.78, 5) is 13.2. The molecule has 5 heteroatoms. The van der Waals surface area contributed by atoms with Gasteiger partial charge in [0, 0.05) is 10.6 Å². The van der Waals surface area contributed by atoms with Crippen LogP contribution in [-0.4, -0.2) is 5.91 Å². The SMILES string of the molecule is CCc1ccsc1CNC(=O)c1ccc(N)cc1Cl. The standard InChI is InChI=1S/C14H15ClN2OS/c1-2-9-5-6-19-13(9)8-17-14(18)11-4-3-10(16)7-12(11)15/h3-7H,2,8,16H2,1H3,(H,17,18). The molecule has 2 aromatic rings. The van der Waals surface area contributed by atoms with E-state index in [4.69, 9.17) is 17.3 Å². The van der Waals surface area contributed by atoms with Crippen LogP contribution in [0.3, 0.4) is 0 Å². The van der Waals surface area contributed by atoms with Gasteiger partial charge in [-0.25, -0.2) is 0 Å². The number of benzene rings is 1. The molecular formula is C14H15ClN2OS. The molecule has 0 bridgehead atoms. The van der Waals surface area contributed by atoms with E-state index in [0.717, 1.165) is 6.42 Å². The molecule has 2 rings (SSSR count). The van der Waals surface area contributed by atoms with Crippen molar-refractivity contribution in [3.8, 4) is 0 Å². The normalized spacial score (nSPS) is 10.4. The number of halogens is 1. The Balaban J connectivity index is 2.05. The second-order valence-electron chi connectivity index (χ2n) is 4.14. The zero-order valence-corrected chi connectivity index (χ0v) is 12.1. The van der Waals surface area contributed by atoms with Crippen LogP contribution in [-0.2, 0) is 13.0 Å². The third-order valence-electron chi connectivity index (χ3n) is 2.87. The van der Waals surface area contributed by atoms with Gasteiger partial charge in [-0.15, -0.1) is 11.3 Å². The molecule has 1 aromatic carbocycles. The van der Waals surface area contributed by atoms with Crippen molar-refractivity contribution in [3.63, 3.8) is 0 Å². The minimum atomic E-state index is -0.180. The first-order valence-electron chi connectivity index (χ1n) is 6.00. The van der Waals surface area contributed by atoms with Gasteiger partial charge in [0.1, 0.15) is 0 Å². The molecule has 0 fully saturated rings. The number of thiophene rings is 1. The number of anilines is 1. The summed E-state index contributed by atoms with van der Waals surface area (Å²) in [6, 6.07) is 6.98. The lowest BCUT2D eigenvalue weighted by atomic mass is 10.2. The van der Waals surface area contributed by atoms with Crippen molar-refractivity contribution in [2.24, 2.45) is 0 Å². The lowest BCUT2D eigenvalue weighted by molar-refractivity contribution is 0.0951. The molecule has 0 aliphatic rings. The number of carbonyl (C=O) groups is 1. The maximum absolute atomic E-state index is 12.0. The zero-order chi connectivity index (χ0) is 13.8. The molecule has 0 saturated carbocycles. The van der Waals surface area contributed by atoms with Crippen molar-refractivity contribution < 1.29 is 4.79 Å². The summed E-state index contributed by atoms with van der Waals surface area (Å²) in [5, 5.41) is 5.30. The zero-order valence-electron chi connectivity index (χ0n) is 10.6. The topological polar surface area (TPSA) is 55.1 Å². The number of nitrogens with one attached hydrogen (secondary N) is 1. The maximum atomic E-state index is 12.0. The van der Waals surface area contributed by atoms with Gasteiger partial charge >= 0.3 is 0 Å². The van der Waals surface area contributed by atoms with Gasteiger partial charge < -0.3 is 11.1 Å². The van der Waals surface area contributed by atoms with Gasteiger partial charge in [-0.05, 0) is 41.6 Å². The highest BCUT2D eigenvalue weighted by molar-refractivity contribution is 7.10. The van der Waals surface area contributed by atoms with Crippen molar-refractivity contribution in [2.45, 2.75) is 19.9 Å². The van der Waals surface area contributed by atoms with Crippen LogP contribution in [0.2, 0.25) is 5.02 Å². The number of aryl methyl sites for hydroxylation is 1. The third kappa shape index (κ3) is 3.28. The third-order valence-corrected chi connectivity index (χ3v) is 4.14. The first-order chi connectivity index (χ1) is 9.11. The lowest BCUT2D eigenvalue weighted by Gasteiger charge is -2.07. The molecule has 0 saturated heterocycles. The highest BCUT2D eigenvalue weighted by Crippen LogP contribution is 2.20. The van der Waals surface area contributed by atoms with E-state index in [9.17, 15) is 4.79 Å². The first kappa shape index (κ1) is 13.9. The summed E-state index contributed by atoms with van der Waals surface area (Å²) < 4.78 is 0. The lowest BCUT2D eigenvalue weighted by Crippen LogP contribution is -2.23. The minimum Gasteiger partial charge on any atom is -0.399 e. The number of hydrogen-bond donors (Lipinski definition) is 2. The summed E-state index contributed by atoms with van der Waals surface area (Å²) in [7, 11) is 0. The Kier molecular flexibility index (Phi) is 4.45. The molecule has 3 nitrogen and oxygen atoms in total. The van der Waals surface area contributed by atoms with Gasteiger partial charge in [-0.3, -0.25) is 4.79 Å². The van der Waals surface area contributed by atoms with Crippen molar-refractivity contribution in [2.75, 3.05) is 5.73 Å². The number of carbonyl (C=O) groups excluding carboxylic acids is 1. The van der Waals surface area contributed by atoms with E-state index >= 15 is 0 Å². The van der Waals surface area contributed by atoms with E-state index < -0.39 is 0 Å². The van der Waals surface area contributed by atoms with Crippen LogP contribution in [0.25, 0.3) is 0 Å². The summed E-state index contributed by atoms with van der Waals surface area (Å²) in [5.74, 6) is -0.180. The molecule has 0 atom stereocenters. The van der Waals surface area contributed by atoms with Crippen LogP contribution in [0.5, 0.6) is 0 Å². The molecule has 1 heterocycles. The van der Waals surface area contributed by atoms with E-state index in [-0.39, 0.29) is 5.91 Å². The Hall–Kier alpha value is -1.52. The summed E-state index contributed by atoms with van der Waals surface area (Å²) in [5.41, 5.74) is 7.87. The number of nitrogens with two attached hydrogens (primary N) is 1. The molecule has 3 N–H and O–H groups in total. The molecule has 1 aromatic heterocycles. The highest BCUT2D eigenvalue weighted by atomic mass is 35.5. The minimum absolute atomic E-state index is 0.180. The number of nitrogen functional groups attached to an aromatic ring is 1. The van der Waals surface area contributed by atoms with E-state index in [1.807, 2.05) is 5.38 Å². The monoisotopic (exact) mass is 294 g/mol. The van der Waals surface area contributed by atoms with E-state index in [2.05, 4.69) is 18.3 Å². The summed E-state index contributed by atoms with van der Waals surface area (Å²) in [6.45, 7) is 2.63. The van der Waals surface area contributed by atoms with Gasteiger partial charge in [-0.2, -0.15) is 0 Å². The molecule has 0 radical (unpaired) electrons. The molecule has 100 valence electrons. The Bertz CT molecular complexity index is 595. The molecule has 19 heavy (non-hydrogen) atoms. The fraction of sp³-hybridized carbons (Fsp3) is 0.214. The predicted molar refractivity (Wildman–Crippen MR) is 80.7 cm³/mol. The smallest absolute Gasteiger partial charge is 0.253 e. The molecule has 0 aliphatic heterocycles. The fourth-order valence-electron chi connectivity index (χ4n) is 1.81. The van der Waals surface area contributed by atoms with Crippen LogP contribution >= 0.6 is 22.9 Å². The van der Waals surface area contributed by atoms with Crippen molar-refractivity contribution in [1.82, 2.24) is 5.32 Å². The van der Waals surface area contributed by atoms with Gasteiger partial charge in [0.15, 0.2) is 0 Å². The van der Waals surface area contributed by atoms with Crippen molar-refractivity contribution >= 4 is 34.5 Å². The number of hydrogen-bond acceptors (Lipinski definition) is 3. The Labute approximate surface area is 121 Å². The quantitative estimate of drug-likeness (QED) is 0.848. The predicted octanol–water partition coefficient (Wildman–Crippen LogP) is 3.48. The highest BCUT2D eigenvalue weighted by Gasteiger charge is 2.11. The van der Waals surface area contributed by atoms with Gasteiger partial charge in [0.05, 0.1) is 17.1 Å². The van der Waals surface area contributed by atoms with Gasteiger partial charge in [0.2, 0.25) is 0 Å². The summed E-state index contributed by atoms with van der Waals surface area (Å²) in [6.07, 6.45) is 0.970. The second-order valence-corrected chi connectivity index (χ2v) is 5.55. The van der Waals surface area contributed by atoms with E-state index in [1.54, 1.807) is 29.5 Å². The van der Waals surface area contributed by atoms with Gasteiger partial charge in [-0.1, -0.05) is 18.5 Å². The van der Waals surface area contributed by atoms with Crippen molar-refractivity contribution in [1.29, 1.82) is 0 Å².